The second-order valence-electron chi connectivity index (χ2n) is 5.67. The second-order valence-corrected chi connectivity index (χ2v) is 7.24. The smallest absolute Gasteiger partial charge is 0.294 e. The molecule has 0 radical (unpaired) electrons. The predicted octanol–water partition coefficient (Wildman–Crippen LogP) is 2.58. The second kappa shape index (κ2) is 6.20. The van der Waals surface area contributed by atoms with Crippen LogP contribution in [0.15, 0.2) is 59.5 Å². The number of hydrogen-bond donors (Lipinski definition) is 0. The molecule has 2 aromatic carbocycles. The molecule has 0 unspecified atom stereocenters. The van der Waals surface area contributed by atoms with Crippen LogP contribution in [-0.2, 0) is 20.8 Å². The summed E-state index contributed by atoms with van der Waals surface area (Å²) in [5, 5.41) is 0. The first-order chi connectivity index (χ1) is 10.5. The van der Waals surface area contributed by atoms with E-state index in [4.69, 9.17) is 4.18 Å². The number of nitrogens with zero attached hydrogens (tertiary/aromatic N) is 1. The topological polar surface area (TPSA) is 46.6 Å². The molecule has 1 fully saturated rings. The average molecular weight is 317 g/mol. The summed E-state index contributed by atoms with van der Waals surface area (Å²) in [6, 6.07) is 16.9. The van der Waals surface area contributed by atoms with Gasteiger partial charge in [-0.25, -0.2) is 0 Å². The maximum absolute atomic E-state index is 12.2. The van der Waals surface area contributed by atoms with E-state index in [2.05, 4.69) is 17.0 Å². The molecule has 1 aliphatic heterocycles. The van der Waals surface area contributed by atoms with Gasteiger partial charge >= 0.3 is 0 Å². The van der Waals surface area contributed by atoms with E-state index in [0.29, 0.717) is 13.1 Å². The summed E-state index contributed by atoms with van der Waals surface area (Å²) in [6.07, 6.45) is -0.255. The summed E-state index contributed by atoms with van der Waals surface area (Å²) in [5.74, 6) is 0. The van der Waals surface area contributed by atoms with E-state index in [-0.39, 0.29) is 11.0 Å². The van der Waals surface area contributed by atoms with Crippen LogP contribution in [0.1, 0.15) is 11.1 Å². The maximum Gasteiger partial charge on any atom is 0.297 e. The Hall–Kier alpha value is -1.69. The molecule has 0 N–H and O–H groups in total. The van der Waals surface area contributed by atoms with Crippen LogP contribution in [0.2, 0.25) is 0 Å². The van der Waals surface area contributed by atoms with Crippen LogP contribution in [0.4, 0.5) is 0 Å². The SMILES string of the molecule is Cc1ccc(S(=O)(=O)OC2CN(Cc3ccccc3)C2)cc1. The molecule has 1 aliphatic rings. The highest BCUT2D eigenvalue weighted by Gasteiger charge is 2.32. The van der Waals surface area contributed by atoms with E-state index in [1.165, 1.54) is 5.56 Å². The lowest BCUT2D eigenvalue weighted by atomic mass is 10.1. The normalized spacial score (nSPS) is 16.4. The lowest BCUT2D eigenvalue weighted by Gasteiger charge is -2.38. The van der Waals surface area contributed by atoms with Gasteiger partial charge in [-0.15, -0.1) is 0 Å². The molecule has 1 saturated heterocycles. The lowest BCUT2D eigenvalue weighted by Crippen LogP contribution is -2.52. The fourth-order valence-corrected chi connectivity index (χ4v) is 3.55. The summed E-state index contributed by atoms with van der Waals surface area (Å²) >= 11 is 0. The molecule has 0 atom stereocenters. The molecule has 22 heavy (non-hydrogen) atoms. The van der Waals surface area contributed by atoms with Gasteiger partial charge in [0.15, 0.2) is 0 Å². The van der Waals surface area contributed by atoms with E-state index in [1.54, 1.807) is 24.3 Å². The van der Waals surface area contributed by atoms with Crippen LogP contribution in [0, 0.1) is 6.92 Å². The zero-order valence-electron chi connectivity index (χ0n) is 12.5. The minimum absolute atomic E-state index is 0.222. The van der Waals surface area contributed by atoms with Crippen molar-refractivity contribution in [3.8, 4) is 0 Å². The highest BCUT2D eigenvalue weighted by atomic mass is 32.2. The number of rotatable bonds is 5. The Kier molecular flexibility index (Phi) is 4.29. The van der Waals surface area contributed by atoms with E-state index in [0.717, 1.165) is 12.1 Å². The van der Waals surface area contributed by atoms with Crippen molar-refractivity contribution in [2.75, 3.05) is 13.1 Å². The van der Waals surface area contributed by atoms with Crippen LogP contribution in [0.3, 0.4) is 0 Å². The van der Waals surface area contributed by atoms with Crippen molar-refractivity contribution in [3.05, 3.63) is 65.7 Å². The van der Waals surface area contributed by atoms with Crippen molar-refractivity contribution in [1.29, 1.82) is 0 Å². The molecule has 2 aromatic rings. The van der Waals surface area contributed by atoms with E-state index < -0.39 is 10.1 Å². The van der Waals surface area contributed by atoms with E-state index in [1.807, 2.05) is 25.1 Å². The van der Waals surface area contributed by atoms with Crippen LogP contribution < -0.4 is 0 Å². The molecule has 0 saturated carbocycles. The van der Waals surface area contributed by atoms with Crippen LogP contribution in [-0.4, -0.2) is 32.5 Å². The third-order valence-electron chi connectivity index (χ3n) is 3.75. The Morgan fingerprint density at radius 2 is 1.68 bits per heavy atom. The van der Waals surface area contributed by atoms with E-state index >= 15 is 0 Å². The maximum atomic E-state index is 12.2. The predicted molar refractivity (Wildman–Crippen MR) is 85.0 cm³/mol. The summed E-state index contributed by atoms with van der Waals surface area (Å²) in [7, 11) is -3.66. The quantitative estimate of drug-likeness (QED) is 0.795. The molecule has 0 amide bonds. The molecule has 0 aromatic heterocycles. The molecule has 116 valence electrons. The minimum atomic E-state index is -3.66. The van der Waals surface area contributed by atoms with Gasteiger partial charge in [0.1, 0.15) is 6.10 Å². The zero-order valence-corrected chi connectivity index (χ0v) is 13.3. The van der Waals surface area contributed by atoms with Crippen LogP contribution >= 0.6 is 0 Å². The third-order valence-corrected chi connectivity index (χ3v) is 5.12. The molecule has 0 bridgehead atoms. The summed E-state index contributed by atoms with van der Waals surface area (Å²) in [4.78, 5) is 2.39. The van der Waals surface area contributed by atoms with Gasteiger partial charge in [-0.2, -0.15) is 8.42 Å². The van der Waals surface area contributed by atoms with Gasteiger partial charge in [-0.1, -0.05) is 48.0 Å². The lowest BCUT2D eigenvalue weighted by molar-refractivity contribution is 0.0189. The van der Waals surface area contributed by atoms with Crippen molar-refractivity contribution >= 4 is 10.1 Å². The summed E-state index contributed by atoms with van der Waals surface area (Å²) in [6.45, 7) is 4.02. The van der Waals surface area contributed by atoms with Crippen molar-refractivity contribution < 1.29 is 12.6 Å². The Morgan fingerprint density at radius 3 is 2.32 bits per heavy atom. The van der Waals surface area contributed by atoms with Gasteiger partial charge < -0.3 is 0 Å². The first-order valence-corrected chi connectivity index (χ1v) is 8.70. The van der Waals surface area contributed by atoms with Gasteiger partial charge in [-0.3, -0.25) is 9.08 Å². The molecule has 5 heteroatoms. The van der Waals surface area contributed by atoms with Crippen molar-refractivity contribution in [2.45, 2.75) is 24.5 Å². The van der Waals surface area contributed by atoms with E-state index in [9.17, 15) is 8.42 Å². The van der Waals surface area contributed by atoms with Gasteiger partial charge in [0, 0.05) is 19.6 Å². The molecule has 1 heterocycles. The zero-order chi connectivity index (χ0) is 15.6. The number of aryl methyl sites for hydroxylation is 1. The van der Waals surface area contributed by atoms with Crippen molar-refractivity contribution in [2.24, 2.45) is 0 Å². The average Bonchev–Trinajstić information content (AvgIpc) is 2.46. The van der Waals surface area contributed by atoms with Gasteiger partial charge in [0.25, 0.3) is 10.1 Å². The molecular weight excluding hydrogens is 298 g/mol. The van der Waals surface area contributed by atoms with Crippen LogP contribution in [0.5, 0.6) is 0 Å². The van der Waals surface area contributed by atoms with Crippen molar-refractivity contribution in [3.63, 3.8) is 0 Å². The third kappa shape index (κ3) is 3.55. The van der Waals surface area contributed by atoms with Gasteiger partial charge in [0.05, 0.1) is 4.90 Å². The highest BCUT2D eigenvalue weighted by Crippen LogP contribution is 2.21. The highest BCUT2D eigenvalue weighted by molar-refractivity contribution is 7.86. The Balaban J connectivity index is 1.54. The fourth-order valence-electron chi connectivity index (χ4n) is 2.49. The number of hydrogen-bond acceptors (Lipinski definition) is 4. The van der Waals surface area contributed by atoms with Gasteiger partial charge in [-0.05, 0) is 24.6 Å². The Bertz CT molecular complexity index is 720. The molecule has 4 nitrogen and oxygen atoms in total. The number of benzene rings is 2. The first-order valence-electron chi connectivity index (χ1n) is 7.29. The fraction of sp³-hybridized carbons (Fsp3) is 0.294. The largest absolute Gasteiger partial charge is 0.297 e. The molecule has 0 spiro atoms. The summed E-state index contributed by atoms with van der Waals surface area (Å²) in [5.41, 5.74) is 2.25. The Labute approximate surface area is 131 Å². The molecule has 3 rings (SSSR count). The first kappa shape index (κ1) is 15.2. The van der Waals surface area contributed by atoms with Crippen molar-refractivity contribution in [1.82, 2.24) is 4.90 Å². The standard InChI is InChI=1S/C17H19NO3S/c1-14-7-9-17(10-8-14)22(19,20)21-16-12-18(13-16)11-15-5-3-2-4-6-15/h2-10,16H,11-13H2,1H3. The summed E-state index contributed by atoms with van der Waals surface area (Å²) < 4.78 is 29.6. The monoisotopic (exact) mass is 317 g/mol. The van der Waals surface area contributed by atoms with Crippen LogP contribution in [0.25, 0.3) is 0 Å². The molecular formula is C17H19NO3S. The minimum Gasteiger partial charge on any atom is -0.294 e. The molecule has 0 aliphatic carbocycles. The Morgan fingerprint density at radius 1 is 1.05 bits per heavy atom. The van der Waals surface area contributed by atoms with Gasteiger partial charge in [0.2, 0.25) is 0 Å². The number of likely N-dealkylation sites (tertiary alicyclic amines) is 1.